The Morgan fingerprint density at radius 1 is 1.42 bits per heavy atom. The van der Waals surface area contributed by atoms with Gasteiger partial charge in [0.25, 0.3) is 0 Å². The number of imidazole rings is 1. The molecule has 1 aromatic carbocycles. The van der Waals surface area contributed by atoms with Gasteiger partial charge in [-0.05, 0) is 31.0 Å². The van der Waals surface area contributed by atoms with Crippen molar-refractivity contribution in [3.05, 3.63) is 30.1 Å². The van der Waals surface area contributed by atoms with Gasteiger partial charge in [0.15, 0.2) is 0 Å². The quantitative estimate of drug-likeness (QED) is 0.858. The Morgan fingerprint density at radius 3 is 2.89 bits per heavy atom. The lowest BCUT2D eigenvalue weighted by Crippen LogP contribution is -2.29. The van der Waals surface area contributed by atoms with E-state index in [1.165, 1.54) is 12.1 Å². The van der Waals surface area contributed by atoms with Crippen molar-refractivity contribution in [2.24, 2.45) is 0 Å². The number of fused-ring (bicyclic) bond motifs is 1. The van der Waals surface area contributed by atoms with E-state index in [1.54, 1.807) is 17.0 Å². The molecule has 0 bridgehead atoms. The van der Waals surface area contributed by atoms with Gasteiger partial charge in [-0.3, -0.25) is 4.79 Å². The van der Waals surface area contributed by atoms with E-state index >= 15 is 0 Å². The summed E-state index contributed by atoms with van der Waals surface area (Å²) in [5, 5.41) is 11.8. The summed E-state index contributed by atoms with van der Waals surface area (Å²) in [6, 6.07) is 5.03. The molecule has 0 atom stereocenters. The standard InChI is InChI=1S/C13H13N3O3/c17-12(15-9-2-3-9)6-16-7-14-10-5-8(13(18)19)1-4-11(10)16/h1,4-5,7,9H,2-3,6H2,(H,15,17)(H,18,19). The maximum atomic E-state index is 11.7. The number of aromatic nitrogens is 2. The first-order valence-corrected chi connectivity index (χ1v) is 6.11. The number of carboxylic acids is 1. The summed E-state index contributed by atoms with van der Waals surface area (Å²) >= 11 is 0. The molecular weight excluding hydrogens is 246 g/mol. The highest BCUT2D eigenvalue weighted by Crippen LogP contribution is 2.19. The molecule has 1 aliphatic carbocycles. The Hall–Kier alpha value is -2.37. The average molecular weight is 259 g/mol. The summed E-state index contributed by atoms with van der Waals surface area (Å²) in [4.78, 5) is 26.7. The third kappa shape index (κ3) is 2.42. The molecule has 1 amide bonds. The molecule has 3 rings (SSSR count). The van der Waals surface area contributed by atoms with Crippen LogP contribution in [-0.4, -0.2) is 32.6 Å². The van der Waals surface area contributed by atoms with Gasteiger partial charge >= 0.3 is 5.97 Å². The van der Waals surface area contributed by atoms with Crippen LogP contribution in [0.3, 0.4) is 0 Å². The fourth-order valence-corrected chi connectivity index (χ4v) is 1.98. The minimum atomic E-state index is -0.983. The second-order valence-corrected chi connectivity index (χ2v) is 4.72. The molecule has 98 valence electrons. The van der Waals surface area contributed by atoms with Gasteiger partial charge in [0.1, 0.15) is 6.54 Å². The van der Waals surface area contributed by atoms with Crippen molar-refractivity contribution in [2.75, 3.05) is 0 Å². The molecule has 0 radical (unpaired) electrons. The van der Waals surface area contributed by atoms with Gasteiger partial charge in [0, 0.05) is 6.04 Å². The van der Waals surface area contributed by atoms with Gasteiger partial charge < -0.3 is 15.0 Å². The average Bonchev–Trinajstić information content (AvgIpc) is 3.09. The summed E-state index contributed by atoms with van der Waals surface area (Å²) in [7, 11) is 0. The third-order valence-corrected chi connectivity index (χ3v) is 3.12. The molecule has 2 N–H and O–H groups in total. The smallest absolute Gasteiger partial charge is 0.335 e. The van der Waals surface area contributed by atoms with Crippen molar-refractivity contribution in [3.63, 3.8) is 0 Å². The second-order valence-electron chi connectivity index (χ2n) is 4.72. The number of carbonyl (C=O) groups excluding carboxylic acids is 1. The highest BCUT2D eigenvalue weighted by Gasteiger charge is 2.23. The fourth-order valence-electron chi connectivity index (χ4n) is 1.98. The van der Waals surface area contributed by atoms with Crippen LogP contribution in [-0.2, 0) is 11.3 Å². The van der Waals surface area contributed by atoms with Crippen LogP contribution in [0.5, 0.6) is 0 Å². The van der Waals surface area contributed by atoms with Gasteiger partial charge in [-0.15, -0.1) is 0 Å². The molecule has 1 heterocycles. The van der Waals surface area contributed by atoms with Crippen molar-refractivity contribution in [3.8, 4) is 0 Å². The summed E-state index contributed by atoms with van der Waals surface area (Å²) < 4.78 is 1.72. The number of carboxylic acid groups (broad SMARTS) is 1. The Labute approximate surface area is 109 Å². The normalized spacial score (nSPS) is 14.5. The van der Waals surface area contributed by atoms with E-state index < -0.39 is 5.97 Å². The summed E-state index contributed by atoms with van der Waals surface area (Å²) in [6.07, 6.45) is 3.67. The van der Waals surface area contributed by atoms with Crippen LogP contribution in [0.4, 0.5) is 0 Å². The molecule has 1 fully saturated rings. The maximum absolute atomic E-state index is 11.7. The van der Waals surface area contributed by atoms with E-state index in [9.17, 15) is 9.59 Å². The van der Waals surface area contributed by atoms with E-state index in [0.29, 0.717) is 11.6 Å². The first-order chi connectivity index (χ1) is 9.13. The summed E-state index contributed by atoms with van der Waals surface area (Å²) in [5.41, 5.74) is 1.54. The number of rotatable bonds is 4. The lowest BCUT2D eigenvalue weighted by Gasteiger charge is -2.05. The third-order valence-electron chi connectivity index (χ3n) is 3.12. The predicted molar refractivity (Wildman–Crippen MR) is 67.9 cm³/mol. The number of amides is 1. The van der Waals surface area contributed by atoms with Gasteiger partial charge in [-0.1, -0.05) is 0 Å². The summed E-state index contributed by atoms with van der Waals surface area (Å²) in [5.74, 6) is -1.02. The molecule has 0 saturated heterocycles. The Kier molecular flexibility index (Phi) is 2.70. The molecule has 2 aromatic rings. The molecule has 1 aromatic heterocycles. The molecule has 6 nitrogen and oxygen atoms in total. The maximum Gasteiger partial charge on any atom is 0.335 e. The number of aromatic carboxylic acids is 1. The van der Waals surface area contributed by atoms with Gasteiger partial charge in [-0.25, -0.2) is 9.78 Å². The number of nitrogens with one attached hydrogen (secondary N) is 1. The lowest BCUT2D eigenvalue weighted by molar-refractivity contribution is -0.121. The minimum absolute atomic E-state index is 0.0379. The fraction of sp³-hybridized carbons (Fsp3) is 0.308. The zero-order valence-electron chi connectivity index (χ0n) is 10.2. The first-order valence-electron chi connectivity index (χ1n) is 6.11. The van der Waals surface area contributed by atoms with Crippen LogP contribution in [0.15, 0.2) is 24.5 Å². The Morgan fingerprint density at radius 2 is 2.21 bits per heavy atom. The molecule has 0 unspecified atom stereocenters. The molecule has 6 heteroatoms. The van der Waals surface area contributed by atoms with Gasteiger partial charge in [0.05, 0.1) is 22.9 Å². The van der Waals surface area contributed by atoms with Crippen LogP contribution in [0.25, 0.3) is 11.0 Å². The van der Waals surface area contributed by atoms with Crippen molar-refractivity contribution >= 4 is 22.9 Å². The summed E-state index contributed by atoms with van der Waals surface area (Å²) in [6.45, 7) is 0.208. The monoisotopic (exact) mass is 259 g/mol. The first kappa shape index (κ1) is 11.7. The second kappa shape index (κ2) is 4.38. The Bertz CT molecular complexity index is 658. The van der Waals surface area contributed by atoms with Crippen molar-refractivity contribution in [1.82, 2.24) is 14.9 Å². The number of hydrogen-bond donors (Lipinski definition) is 2. The number of nitrogens with zero attached hydrogens (tertiary/aromatic N) is 2. The van der Waals surface area contributed by atoms with E-state index in [4.69, 9.17) is 5.11 Å². The van der Waals surface area contributed by atoms with Crippen LogP contribution in [0, 0.1) is 0 Å². The number of benzene rings is 1. The molecule has 0 spiro atoms. The molecule has 0 aliphatic heterocycles. The molecule has 1 aliphatic rings. The number of carbonyl (C=O) groups is 2. The SMILES string of the molecule is O=C(Cn1cnc2cc(C(=O)O)ccc21)NC1CC1. The predicted octanol–water partition coefficient (Wildman–Crippen LogP) is 1.01. The largest absolute Gasteiger partial charge is 0.478 e. The van der Waals surface area contributed by atoms with E-state index in [0.717, 1.165) is 18.4 Å². The Balaban J connectivity index is 1.83. The molecular formula is C13H13N3O3. The van der Waals surface area contributed by atoms with Crippen molar-refractivity contribution in [1.29, 1.82) is 0 Å². The topological polar surface area (TPSA) is 84.2 Å². The highest BCUT2D eigenvalue weighted by atomic mass is 16.4. The van der Waals surface area contributed by atoms with Crippen LogP contribution in [0.2, 0.25) is 0 Å². The zero-order valence-corrected chi connectivity index (χ0v) is 10.2. The van der Waals surface area contributed by atoms with Crippen LogP contribution >= 0.6 is 0 Å². The molecule has 1 saturated carbocycles. The van der Waals surface area contributed by atoms with E-state index in [2.05, 4.69) is 10.3 Å². The van der Waals surface area contributed by atoms with E-state index in [1.807, 2.05) is 0 Å². The lowest BCUT2D eigenvalue weighted by atomic mass is 10.2. The van der Waals surface area contributed by atoms with Gasteiger partial charge in [0.2, 0.25) is 5.91 Å². The molecule has 19 heavy (non-hydrogen) atoms. The number of hydrogen-bond acceptors (Lipinski definition) is 3. The van der Waals surface area contributed by atoms with E-state index in [-0.39, 0.29) is 18.0 Å². The van der Waals surface area contributed by atoms with Crippen molar-refractivity contribution < 1.29 is 14.7 Å². The van der Waals surface area contributed by atoms with Gasteiger partial charge in [-0.2, -0.15) is 0 Å². The van der Waals surface area contributed by atoms with Crippen LogP contribution < -0.4 is 5.32 Å². The minimum Gasteiger partial charge on any atom is -0.478 e. The zero-order chi connectivity index (χ0) is 13.4. The van der Waals surface area contributed by atoms with Crippen LogP contribution in [0.1, 0.15) is 23.2 Å². The highest BCUT2D eigenvalue weighted by molar-refractivity contribution is 5.92. The van der Waals surface area contributed by atoms with Crippen molar-refractivity contribution in [2.45, 2.75) is 25.4 Å².